The summed E-state index contributed by atoms with van der Waals surface area (Å²) in [7, 11) is 1.74. The second-order valence-corrected chi connectivity index (χ2v) is 5.65. The highest BCUT2D eigenvalue weighted by Gasteiger charge is 2.25. The number of amides is 1. The zero-order chi connectivity index (χ0) is 17.4. The number of hydrogen-bond acceptors (Lipinski definition) is 4. The number of ether oxygens (including phenoxy) is 1. The molecular weight excluding hydrogens is 306 g/mol. The third-order valence-electron chi connectivity index (χ3n) is 3.99. The molecule has 2 N–H and O–H groups in total. The van der Waals surface area contributed by atoms with Gasteiger partial charge in [0.05, 0.1) is 6.61 Å². The fourth-order valence-corrected chi connectivity index (χ4v) is 2.72. The number of carbonyl (C=O) groups excluding carboxylic acids is 1. The Kier molecular flexibility index (Phi) is 6.84. The molecule has 2 rings (SSSR count). The van der Waals surface area contributed by atoms with Crippen LogP contribution in [0, 0.1) is 0 Å². The molecule has 0 saturated carbocycles. The molecule has 7 heteroatoms. The van der Waals surface area contributed by atoms with Gasteiger partial charge in [-0.05, 0) is 19.4 Å². The first kappa shape index (κ1) is 18.0. The largest absolute Gasteiger partial charge is 0.478 e. The monoisotopic (exact) mass is 333 g/mol. The Morgan fingerprint density at radius 2 is 2.33 bits per heavy atom. The molecule has 7 nitrogen and oxygen atoms in total. The van der Waals surface area contributed by atoms with Gasteiger partial charge in [-0.3, -0.25) is 9.79 Å². The number of rotatable bonds is 6. The van der Waals surface area contributed by atoms with Crippen LogP contribution < -0.4 is 15.4 Å². The fraction of sp³-hybridized carbons (Fsp3) is 0.588. The van der Waals surface area contributed by atoms with Crippen LogP contribution in [0.1, 0.15) is 32.3 Å². The Morgan fingerprint density at radius 3 is 3.04 bits per heavy atom. The molecule has 0 bridgehead atoms. The number of carbonyl (C=O) groups is 1. The number of aromatic nitrogens is 1. The Morgan fingerprint density at radius 1 is 1.50 bits per heavy atom. The van der Waals surface area contributed by atoms with E-state index in [1.165, 1.54) is 0 Å². The minimum Gasteiger partial charge on any atom is -0.478 e. The number of hydrogen-bond donors (Lipinski definition) is 2. The minimum absolute atomic E-state index is 0.207. The smallest absolute Gasteiger partial charge is 0.222 e. The van der Waals surface area contributed by atoms with Crippen LogP contribution in [0.5, 0.6) is 5.88 Å². The van der Waals surface area contributed by atoms with E-state index in [1.54, 1.807) is 13.2 Å². The van der Waals surface area contributed by atoms with Crippen molar-refractivity contribution in [3.8, 4) is 5.88 Å². The summed E-state index contributed by atoms with van der Waals surface area (Å²) in [6.07, 6.45) is 3.21. The van der Waals surface area contributed by atoms with Gasteiger partial charge in [0, 0.05) is 50.9 Å². The summed E-state index contributed by atoms with van der Waals surface area (Å²) in [4.78, 5) is 22.2. The van der Waals surface area contributed by atoms with Crippen LogP contribution in [0.15, 0.2) is 23.3 Å². The maximum Gasteiger partial charge on any atom is 0.222 e. The number of nitrogens with zero attached hydrogens (tertiary/aromatic N) is 3. The average Bonchev–Trinajstić information content (AvgIpc) is 3.07. The summed E-state index contributed by atoms with van der Waals surface area (Å²) in [5.74, 6) is 1.57. The fourth-order valence-electron chi connectivity index (χ4n) is 2.72. The quantitative estimate of drug-likeness (QED) is 0.603. The standard InChI is InChI=1S/C17H27N5O2/c1-4-15(23)22-10-8-14(12-22)21-17(18-3)20-11-13-7-6-9-19-16(13)24-5-2/h6-7,9,14H,4-5,8,10-12H2,1-3H3,(H2,18,20,21). The zero-order valence-corrected chi connectivity index (χ0v) is 14.7. The first-order valence-electron chi connectivity index (χ1n) is 8.49. The van der Waals surface area contributed by atoms with Crippen molar-refractivity contribution in [2.24, 2.45) is 4.99 Å². The number of pyridine rings is 1. The van der Waals surface area contributed by atoms with Crippen molar-refractivity contribution in [1.29, 1.82) is 0 Å². The van der Waals surface area contributed by atoms with Crippen LogP contribution in [0.3, 0.4) is 0 Å². The summed E-state index contributed by atoms with van der Waals surface area (Å²) in [6.45, 7) is 6.53. The second kappa shape index (κ2) is 9.10. The number of nitrogens with one attached hydrogen (secondary N) is 2. The second-order valence-electron chi connectivity index (χ2n) is 5.65. The highest BCUT2D eigenvalue weighted by molar-refractivity contribution is 5.80. The van der Waals surface area contributed by atoms with Gasteiger partial charge < -0.3 is 20.3 Å². The number of likely N-dealkylation sites (tertiary alicyclic amines) is 1. The lowest BCUT2D eigenvalue weighted by Crippen LogP contribution is -2.44. The minimum atomic E-state index is 0.207. The molecule has 1 unspecified atom stereocenters. The molecule has 1 saturated heterocycles. The molecule has 24 heavy (non-hydrogen) atoms. The first-order valence-corrected chi connectivity index (χ1v) is 8.49. The third kappa shape index (κ3) is 4.84. The van der Waals surface area contributed by atoms with Crippen molar-refractivity contribution in [3.05, 3.63) is 23.9 Å². The molecule has 1 amide bonds. The molecule has 0 aromatic carbocycles. The topological polar surface area (TPSA) is 78.8 Å². The lowest BCUT2D eigenvalue weighted by Gasteiger charge is -2.19. The zero-order valence-electron chi connectivity index (χ0n) is 14.7. The van der Waals surface area contributed by atoms with Crippen molar-refractivity contribution in [3.63, 3.8) is 0 Å². The van der Waals surface area contributed by atoms with Crippen molar-refractivity contribution >= 4 is 11.9 Å². The Balaban J connectivity index is 1.87. The molecule has 1 aliphatic rings. The van der Waals surface area contributed by atoms with Crippen molar-refractivity contribution < 1.29 is 9.53 Å². The van der Waals surface area contributed by atoms with E-state index in [0.29, 0.717) is 25.5 Å². The highest BCUT2D eigenvalue weighted by atomic mass is 16.5. The molecule has 1 fully saturated rings. The Labute approximate surface area is 143 Å². The molecule has 132 valence electrons. The van der Waals surface area contributed by atoms with Gasteiger partial charge in [-0.15, -0.1) is 0 Å². The summed E-state index contributed by atoms with van der Waals surface area (Å²) in [5.41, 5.74) is 0.983. The van der Waals surface area contributed by atoms with Gasteiger partial charge in [0.25, 0.3) is 0 Å². The molecule has 1 aliphatic heterocycles. The van der Waals surface area contributed by atoms with Gasteiger partial charge in [-0.1, -0.05) is 13.0 Å². The predicted molar refractivity (Wildman–Crippen MR) is 94.0 cm³/mol. The molecule has 1 atom stereocenters. The van der Waals surface area contributed by atoms with Crippen LogP contribution in [-0.2, 0) is 11.3 Å². The molecule has 0 spiro atoms. The summed E-state index contributed by atoms with van der Waals surface area (Å²) in [6, 6.07) is 4.10. The van der Waals surface area contributed by atoms with Crippen molar-refractivity contribution in [1.82, 2.24) is 20.5 Å². The summed E-state index contributed by atoms with van der Waals surface area (Å²) < 4.78 is 5.53. The molecule has 1 aromatic rings. The van der Waals surface area contributed by atoms with E-state index in [1.807, 2.05) is 30.9 Å². The maximum atomic E-state index is 11.8. The van der Waals surface area contributed by atoms with E-state index in [0.717, 1.165) is 31.0 Å². The molecule has 1 aromatic heterocycles. The van der Waals surface area contributed by atoms with Gasteiger partial charge in [0.1, 0.15) is 0 Å². The van der Waals surface area contributed by atoms with Gasteiger partial charge in [0.15, 0.2) is 5.96 Å². The predicted octanol–water partition coefficient (Wildman–Crippen LogP) is 1.16. The summed E-state index contributed by atoms with van der Waals surface area (Å²) in [5, 5.41) is 6.66. The van der Waals surface area contributed by atoms with E-state index in [4.69, 9.17) is 4.74 Å². The first-order chi connectivity index (χ1) is 11.7. The Hall–Kier alpha value is -2.31. The van der Waals surface area contributed by atoms with Crippen LogP contribution >= 0.6 is 0 Å². The normalized spacial score (nSPS) is 17.7. The number of aliphatic imine (C=N–C) groups is 1. The van der Waals surface area contributed by atoms with Crippen LogP contribution in [0.25, 0.3) is 0 Å². The lowest BCUT2D eigenvalue weighted by molar-refractivity contribution is -0.129. The van der Waals surface area contributed by atoms with E-state index < -0.39 is 0 Å². The van der Waals surface area contributed by atoms with E-state index in [9.17, 15) is 4.79 Å². The van der Waals surface area contributed by atoms with E-state index in [2.05, 4.69) is 20.6 Å². The highest BCUT2D eigenvalue weighted by Crippen LogP contribution is 2.14. The third-order valence-corrected chi connectivity index (χ3v) is 3.99. The average molecular weight is 333 g/mol. The Bertz CT molecular complexity index is 576. The summed E-state index contributed by atoms with van der Waals surface area (Å²) >= 11 is 0. The van der Waals surface area contributed by atoms with Gasteiger partial charge in [-0.25, -0.2) is 4.98 Å². The lowest BCUT2D eigenvalue weighted by atomic mass is 10.2. The van der Waals surface area contributed by atoms with E-state index >= 15 is 0 Å². The molecular formula is C17H27N5O2. The van der Waals surface area contributed by atoms with Crippen molar-refractivity contribution in [2.45, 2.75) is 39.3 Å². The molecule has 0 radical (unpaired) electrons. The van der Waals surface area contributed by atoms with Crippen LogP contribution in [0.2, 0.25) is 0 Å². The van der Waals surface area contributed by atoms with Gasteiger partial charge in [-0.2, -0.15) is 0 Å². The molecule has 2 heterocycles. The van der Waals surface area contributed by atoms with Gasteiger partial charge in [0.2, 0.25) is 11.8 Å². The molecule has 0 aliphatic carbocycles. The number of guanidine groups is 1. The van der Waals surface area contributed by atoms with Crippen LogP contribution in [0.4, 0.5) is 0 Å². The van der Waals surface area contributed by atoms with Crippen molar-refractivity contribution in [2.75, 3.05) is 26.7 Å². The van der Waals surface area contributed by atoms with E-state index in [-0.39, 0.29) is 11.9 Å². The van der Waals surface area contributed by atoms with Crippen LogP contribution in [-0.4, -0.2) is 54.5 Å². The SMILES string of the molecule is CCOc1ncccc1CNC(=NC)NC1CCN(C(=O)CC)C1. The van der Waals surface area contributed by atoms with Gasteiger partial charge >= 0.3 is 0 Å². The maximum absolute atomic E-state index is 11.8.